The Labute approximate surface area is 226 Å². The molecule has 3 rings (SSSR count). The third-order valence-electron chi connectivity index (χ3n) is 6.72. The lowest BCUT2D eigenvalue weighted by Crippen LogP contribution is -2.55. The molecular formula is C30H42N2O4S. The number of morpholine rings is 1. The molecule has 2 heterocycles. The second-order valence-electron chi connectivity index (χ2n) is 10.7. The fraction of sp³-hybridized carbons (Fsp3) is 0.533. The number of allylic oxidation sites excluding steroid dienone is 1. The summed E-state index contributed by atoms with van der Waals surface area (Å²) in [6.45, 7) is 17.9. The maximum absolute atomic E-state index is 13.9. The van der Waals surface area contributed by atoms with Crippen LogP contribution in [0.2, 0.25) is 0 Å². The zero-order valence-corrected chi connectivity index (χ0v) is 24.7. The Hall–Kier alpha value is -2.64. The van der Waals surface area contributed by atoms with Crippen molar-refractivity contribution in [1.29, 1.82) is 0 Å². The quantitative estimate of drug-likeness (QED) is 0.276. The molecule has 0 aliphatic carbocycles. The number of methoxy groups -OCH3 is 1. The molecule has 1 saturated heterocycles. The van der Waals surface area contributed by atoms with E-state index in [2.05, 4.69) is 31.4 Å². The number of hydrogen-bond acceptors (Lipinski definition) is 6. The second-order valence-corrected chi connectivity index (χ2v) is 11.6. The fourth-order valence-corrected chi connectivity index (χ4v) is 5.45. The van der Waals surface area contributed by atoms with Gasteiger partial charge in [0.05, 0.1) is 42.6 Å². The molecule has 1 aliphatic heterocycles. The molecule has 1 aliphatic rings. The van der Waals surface area contributed by atoms with Crippen molar-refractivity contribution in [1.82, 2.24) is 4.90 Å². The normalized spacial score (nSPS) is 16.6. The number of thiophene rings is 1. The summed E-state index contributed by atoms with van der Waals surface area (Å²) in [5.74, 6) is 1.45. The average Bonchev–Trinajstić information content (AvgIpc) is 3.26. The highest BCUT2D eigenvalue weighted by molar-refractivity contribution is 7.12. The topological polar surface area (TPSA) is 60.4 Å². The van der Waals surface area contributed by atoms with Gasteiger partial charge in [-0.1, -0.05) is 0 Å². The Kier molecular flexibility index (Phi) is 9.59. The van der Waals surface area contributed by atoms with Crippen LogP contribution in [0.15, 0.2) is 39.8 Å². The van der Waals surface area contributed by atoms with Crippen molar-refractivity contribution in [2.24, 2.45) is 4.99 Å². The molecule has 202 valence electrons. The van der Waals surface area contributed by atoms with Crippen LogP contribution in [0.3, 0.4) is 0 Å². The van der Waals surface area contributed by atoms with Crippen LogP contribution in [-0.4, -0.2) is 55.0 Å². The first kappa shape index (κ1) is 28.9. The first-order valence-corrected chi connectivity index (χ1v) is 13.9. The lowest BCUT2D eigenvalue weighted by atomic mass is 9.97. The smallest absolute Gasteiger partial charge is 0.273 e. The predicted molar refractivity (Wildman–Crippen MR) is 152 cm³/mol. The van der Waals surface area contributed by atoms with E-state index in [0.29, 0.717) is 31.9 Å². The zero-order chi connectivity index (χ0) is 27.3. The maximum atomic E-state index is 13.9. The van der Waals surface area contributed by atoms with Gasteiger partial charge in [-0.3, -0.25) is 4.79 Å². The summed E-state index contributed by atoms with van der Waals surface area (Å²) in [6, 6.07) is 6.18. The molecule has 0 unspecified atom stereocenters. The Morgan fingerprint density at radius 2 is 1.92 bits per heavy atom. The SMILES string of the molecule is COc1cc(CC/C(C)=C(/N=C(C)c2sccc2C)C(=O)N2CCOCC2(C)C)c(C)cc1OC(C)C. The van der Waals surface area contributed by atoms with E-state index in [-0.39, 0.29) is 17.6 Å². The van der Waals surface area contributed by atoms with Crippen molar-refractivity contribution in [3.8, 4) is 11.5 Å². The van der Waals surface area contributed by atoms with Crippen LogP contribution in [0.1, 0.15) is 69.5 Å². The monoisotopic (exact) mass is 526 g/mol. The third-order valence-corrected chi connectivity index (χ3v) is 7.85. The minimum atomic E-state index is -0.390. The fourth-order valence-electron chi connectivity index (χ4n) is 4.57. The number of aryl methyl sites for hydroxylation is 3. The van der Waals surface area contributed by atoms with Gasteiger partial charge >= 0.3 is 0 Å². The van der Waals surface area contributed by atoms with E-state index in [1.807, 2.05) is 52.5 Å². The van der Waals surface area contributed by atoms with E-state index in [4.69, 9.17) is 19.2 Å². The molecule has 1 aromatic carbocycles. The van der Waals surface area contributed by atoms with Crippen LogP contribution in [0, 0.1) is 13.8 Å². The Morgan fingerprint density at radius 1 is 1.19 bits per heavy atom. The van der Waals surface area contributed by atoms with E-state index in [1.54, 1.807) is 18.4 Å². The number of amides is 1. The minimum Gasteiger partial charge on any atom is -0.493 e. The Morgan fingerprint density at radius 3 is 2.51 bits per heavy atom. The Balaban J connectivity index is 1.96. The minimum absolute atomic E-state index is 0.0330. The van der Waals surface area contributed by atoms with Crippen LogP contribution >= 0.6 is 11.3 Å². The molecule has 7 heteroatoms. The van der Waals surface area contributed by atoms with Gasteiger partial charge in [-0.15, -0.1) is 11.3 Å². The van der Waals surface area contributed by atoms with Gasteiger partial charge in [-0.25, -0.2) is 4.99 Å². The highest BCUT2D eigenvalue weighted by atomic mass is 32.1. The molecule has 0 atom stereocenters. The number of benzene rings is 1. The lowest BCUT2D eigenvalue weighted by molar-refractivity contribution is -0.142. The highest BCUT2D eigenvalue weighted by Gasteiger charge is 2.36. The van der Waals surface area contributed by atoms with Crippen molar-refractivity contribution in [3.63, 3.8) is 0 Å². The van der Waals surface area contributed by atoms with Gasteiger partial charge < -0.3 is 19.1 Å². The van der Waals surface area contributed by atoms with E-state index in [1.165, 1.54) is 11.1 Å². The first-order chi connectivity index (χ1) is 17.4. The van der Waals surface area contributed by atoms with Crippen molar-refractivity contribution in [2.45, 2.75) is 79.9 Å². The summed E-state index contributed by atoms with van der Waals surface area (Å²) < 4.78 is 17.2. The third kappa shape index (κ3) is 7.02. The van der Waals surface area contributed by atoms with Crippen LogP contribution in [0.4, 0.5) is 0 Å². The summed E-state index contributed by atoms with van der Waals surface area (Å²) in [5, 5.41) is 2.07. The van der Waals surface area contributed by atoms with Crippen molar-refractivity contribution in [3.05, 3.63) is 56.4 Å². The summed E-state index contributed by atoms with van der Waals surface area (Å²) in [6.07, 6.45) is 1.54. The van der Waals surface area contributed by atoms with Gasteiger partial charge in [-0.05, 0) is 114 Å². The standard InChI is InChI=1S/C30H42N2O4S/c1-19(2)36-26-16-22(5)24(17-25(26)34-9)11-10-20(3)27(31-23(6)28-21(4)12-15-37-28)29(33)32-13-14-35-18-30(32,7)8/h12,15-17,19H,10-11,13-14,18H2,1-9H3/b27-20+,31-23?. The number of carbonyl (C=O) groups is 1. The second kappa shape index (κ2) is 12.3. The van der Waals surface area contributed by atoms with Gasteiger partial charge in [0.25, 0.3) is 5.91 Å². The maximum Gasteiger partial charge on any atom is 0.273 e. The molecule has 0 saturated carbocycles. The van der Waals surface area contributed by atoms with Crippen LogP contribution < -0.4 is 9.47 Å². The van der Waals surface area contributed by atoms with Crippen LogP contribution in [0.5, 0.6) is 11.5 Å². The van der Waals surface area contributed by atoms with Crippen molar-refractivity contribution >= 4 is 23.0 Å². The molecular weight excluding hydrogens is 484 g/mol. The number of rotatable bonds is 9. The number of aliphatic imine (C=N–C) groups is 1. The highest BCUT2D eigenvalue weighted by Crippen LogP contribution is 2.33. The summed E-state index contributed by atoms with van der Waals surface area (Å²) in [5.41, 5.74) is 5.47. The first-order valence-electron chi connectivity index (χ1n) is 13.0. The number of hydrogen-bond donors (Lipinski definition) is 0. The van der Waals surface area contributed by atoms with Crippen molar-refractivity contribution < 1.29 is 19.0 Å². The molecule has 6 nitrogen and oxygen atoms in total. The molecule has 37 heavy (non-hydrogen) atoms. The zero-order valence-electron chi connectivity index (χ0n) is 23.9. The van der Waals surface area contributed by atoms with Gasteiger partial charge in [0.1, 0.15) is 5.70 Å². The molecule has 2 aromatic rings. The summed E-state index contributed by atoms with van der Waals surface area (Å²) in [7, 11) is 1.66. The molecule has 0 N–H and O–H groups in total. The molecule has 0 bridgehead atoms. The van der Waals surface area contributed by atoms with E-state index >= 15 is 0 Å². The molecule has 1 aromatic heterocycles. The largest absolute Gasteiger partial charge is 0.493 e. The molecule has 0 spiro atoms. The van der Waals surface area contributed by atoms with E-state index in [9.17, 15) is 4.79 Å². The molecule has 1 fully saturated rings. The summed E-state index contributed by atoms with van der Waals surface area (Å²) >= 11 is 1.66. The van der Waals surface area contributed by atoms with Crippen LogP contribution in [0.25, 0.3) is 0 Å². The molecule has 1 amide bonds. The van der Waals surface area contributed by atoms with Crippen LogP contribution in [-0.2, 0) is 16.0 Å². The average molecular weight is 527 g/mol. The van der Waals surface area contributed by atoms with Gasteiger partial charge in [0.15, 0.2) is 11.5 Å². The lowest BCUT2D eigenvalue weighted by Gasteiger charge is -2.42. The molecule has 0 radical (unpaired) electrons. The van der Waals surface area contributed by atoms with Gasteiger partial charge in [-0.2, -0.15) is 0 Å². The van der Waals surface area contributed by atoms with E-state index < -0.39 is 0 Å². The summed E-state index contributed by atoms with van der Waals surface area (Å²) in [4.78, 5) is 21.9. The van der Waals surface area contributed by atoms with Crippen molar-refractivity contribution in [2.75, 3.05) is 26.9 Å². The number of carbonyl (C=O) groups excluding carboxylic acids is 1. The van der Waals surface area contributed by atoms with Gasteiger partial charge in [0, 0.05) is 6.54 Å². The van der Waals surface area contributed by atoms with Gasteiger partial charge in [0.2, 0.25) is 0 Å². The van der Waals surface area contributed by atoms with E-state index in [0.717, 1.165) is 39.6 Å². The number of nitrogens with zero attached hydrogens (tertiary/aromatic N) is 2. The predicted octanol–water partition coefficient (Wildman–Crippen LogP) is 6.51. The Bertz CT molecular complexity index is 1180. The number of ether oxygens (including phenoxy) is 3.